The minimum absolute atomic E-state index is 0.130. The fourth-order valence-electron chi connectivity index (χ4n) is 2.05. The quantitative estimate of drug-likeness (QED) is 0.921. The van der Waals surface area contributed by atoms with Gasteiger partial charge in [-0.3, -0.25) is 0 Å². The highest BCUT2D eigenvalue weighted by Crippen LogP contribution is 2.21. The number of aryl methyl sites for hydroxylation is 1. The van der Waals surface area contributed by atoms with Crippen molar-refractivity contribution in [2.45, 2.75) is 24.3 Å². The first-order valence-corrected chi connectivity index (χ1v) is 9.05. The number of nitrogens with one attached hydrogen (secondary N) is 1. The molecule has 2 aromatic rings. The van der Waals surface area contributed by atoms with Gasteiger partial charge in [-0.25, -0.2) is 13.4 Å². The SMILES string of the molecule is CNC(Cc1csc(C)n1)c1ccc(S(C)(=O)=O)cc1. The molecule has 1 N–H and O–H groups in total. The van der Waals surface area contributed by atoms with E-state index >= 15 is 0 Å². The van der Waals surface area contributed by atoms with Crippen LogP contribution in [0.1, 0.15) is 22.3 Å². The fourth-order valence-corrected chi connectivity index (χ4v) is 3.30. The van der Waals surface area contributed by atoms with Crippen LogP contribution in [0.5, 0.6) is 0 Å². The van der Waals surface area contributed by atoms with Crippen molar-refractivity contribution in [1.29, 1.82) is 0 Å². The van der Waals surface area contributed by atoms with Gasteiger partial charge in [-0.2, -0.15) is 0 Å². The van der Waals surface area contributed by atoms with Gasteiger partial charge in [0.2, 0.25) is 0 Å². The summed E-state index contributed by atoms with van der Waals surface area (Å²) in [6.07, 6.45) is 2.01. The molecule has 0 fully saturated rings. The standard InChI is InChI=1S/C14H18N2O2S2/c1-10-16-12(9-19-10)8-14(15-2)11-4-6-13(7-5-11)20(3,17)18/h4-7,9,14-15H,8H2,1-3H3. The van der Waals surface area contributed by atoms with E-state index in [1.54, 1.807) is 23.5 Å². The lowest BCUT2D eigenvalue weighted by Crippen LogP contribution is -2.19. The molecule has 4 nitrogen and oxygen atoms in total. The molecule has 0 amide bonds. The highest BCUT2D eigenvalue weighted by molar-refractivity contribution is 7.90. The molecule has 6 heteroatoms. The van der Waals surface area contributed by atoms with Crippen molar-refractivity contribution in [3.05, 3.63) is 45.9 Å². The Kier molecular flexibility index (Phi) is 4.57. The van der Waals surface area contributed by atoms with Crippen molar-refractivity contribution in [3.8, 4) is 0 Å². The molecule has 1 atom stereocenters. The number of likely N-dealkylation sites (N-methyl/N-ethyl adjacent to an activating group) is 1. The number of thiazole rings is 1. The Morgan fingerprint density at radius 1 is 1.30 bits per heavy atom. The van der Waals surface area contributed by atoms with E-state index in [9.17, 15) is 8.42 Å². The molecule has 1 unspecified atom stereocenters. The zero-order valence-corrected chi connectivity index (χ0v) is 13.4. The second kappa shape index (κ2) is 6.03. The normalized spacial score (nSPS) is 13.3. The molecular weight excluding hydrogens is 292 g/mol. The molecule has 20 heavy (non-hydrogen) atoms. The Hall–Kier alpha value is -1.24. The lowest BCUT2D eigenvalue weighted by Gasteiger charge is -2.15. The third kappa shape index (κ3) is 3.65. The highest BCUT2D eigenvalue weighted by Gasteiger charge is 2.13. The molecule has 0 aliphatic carbocycles. The first-order valence-electron chi connectivity index (χ1n) is 6.28. The number of benzene rings is 1. The van der Waals surface area contributed by atoms with Crippen LogP contribution in [-0.2, 0) is 16.3 Å². The van der Waals surface area contributed by atoms with Crippen molar-refractivity contribution in [2.24, 2.45) is 0 Å². The van der Waals surface area contributed by atoms with Crippen molar-refractivity contribution in [2.75, 3.05) is 13.3 Å². The van der Waals surface area contributed by atoms with E-state index in [1.807, 2.05) is 26.1 Å². The Morgan fingerprint density at radius 3 is 2.40 bits per heavy atom. The zero-order valence-electron chi connectivity index (χ0n) is 11.8. The minimum Gasteiger partial charge on any atom is -0.313 e. The molecule has 0 radical (unpaired) electrons. The van der Waals surface area contributed by atoms with Crippen molar-refractivity contribution >= 4 is 21.2 Å². The van der Waals surface area contributed by atoms with Crippen molar-refractivity contribution < 1.29 is 8.42 Å². The summed E-state index contributed by atoms with van der Waals surface area (Å²) >= 11 is 1.64. The van der Waals surface area contributed by atoms with E-state index in [0.29, 0.717) is 4.90 Å². The van der Waals surface area contributed by atoms with Gasteiger partial charge in [0.25, 0.3) is 0 Å². The van der Waals surface area contributed by atoms with Crippen LogP contribution in [0.3, 0.4) is 0 Å². The van der Waals surface area contributed by atoms with E-state index in [4.69, 9.17) is 0 Å². The molecule has 0 spiro atoms. The van der Waals surface area contributed by atoms with Crippen molar-refractivity contribution in [3.63, 3.8) is 0 Å². The minimum atomic E-state index is -3.14. The van der Waals surface area contributed by atoms with E-state index in [-0.39, 0.29) is 6.04 Å². The topological polar surface area (TPSA) is 59.1 Å². The summed E-state index contributed by atoms with van der Waals surface area (Å²) in [6.45, 7) is 1.99. The van der Waals surface area contributed by atoms with E-state index in [0.717, 1.165) is 22.7 Å². The second-order valence-electron chi connectivity index (χ2n) is 4.74. The maximum atomic E-state index is 11.5. The second-order valence-corrected chi connectivity index (χ2v) is 7.82. The summed E-state index contributed by atoms with van der Waals surface area (Å²) in [4.78, 5) is 4.81. The smallest absolute Gasteiger partial charge is 0.175 e. The monoisotopic (exact) mass is 310 g/mol. The summed E-state index contributed by atoms with van der Waals surface area (Å²) in [6, 6.07) is 7.15. The highest BCUT2D eigenvalue weighted by atomic mass is 32.2. The molecule has 0 aliphatic rings. The maximum absolute atomic E-state index is 11.5. The van der Waals surface area contributed by atoms with Crippen LogP contribution >= 0.6 is 11.3 Å². The molecule has 1 aromatic heterocycles. The van der Waals surface area contributed by atoms with E-state index in [1.165, 1.54) is 6.26 Å². The van der Waals surface area contributed by atoms with Gasteiger partial charge in [-0.05, 0) is 31.7 Å². The number of rotatable bonds is 5. The van der Waals surface area contributed by atoms with E-state index < -0.39 is 9.84 Å². The number of hydrogen-bond acceptors (Lipinski definition) is 5. The van der Waals surface area contributed by atoms with Gasteiger partial charge >= 0.3 is 0 Å². The Balaban J connectivity index is 2.19. The summed E-state index contributed by atoms with van der Waals surface area (Å²) in [5, 5.41) is 6.37. The van der Waals surface area contributed by atoms with Crippen LogP contribution < -0.4 is 5.32 Å². The third-order valence-electron chi connectivity index (χ3n) is 3.14. The van der Waals surface area contributed by atoms with E-state index in [2.05, 4.69) is 15.7 Å². The zero-order chi connectivity index (χ0) is 14.8. The summed E-state index contributed by atoms with van der Waals surface area (Å²) in [5.41, 5.74) is 2.12. The molecule has 0 bridgehead atoms. The van der Waals surface area contributed by atoms with Crippen LogP contribution in [0.25, 0.3) is 0 Å². The lowest BCUT2D eigenvalue weighted by molar-refractivity contribution is 0.584. The molecule has 2 rings (SSSR count). The average molecular weight is 310 g/mol. The summed E-state index contributed by atoms with van der Waals surface area (Å²) < 4.78 is 22.9. The molecule has 0 saturated carbocycles. The summed E-state index contributed by atoms with van der Waals surface area (Å²) in [7, 11) is -1.24. The van der Waals surface area contributed by atoms with Gasteiger partial charge < -0.3 is 5.32 Å². The predicted octanol–water partition coefficient (Wildman–Crippen LogP) is 2.36. The van der Waals surface area contributed by atoms with Gasteiger partial charge in [-0.15, -0.1) is 11.3 Å². The van der Waals surface area contributed by atoms with Gasteiger partial charge in [0.05, 0.1) is 15.6 Å². The van der Waals surface area contributed by atoms with Crippen molar-refractivity contribution in [1.82, 2.24) is 10.3 Å². The average Bonchev–Trinajstić information content (AvgIpc) is 2.81. The van der Waals surface area contributed by atoms with Crippen LogP contribution in [0.4, 0.5) is 0 Å². The Bertz CT molecular complexity index is 675. The summed E-state index contributed by atoms with van der Waals surface area (Å²) in [5.74, 6) is 0. The maximum Gasteiger partial charge on any atom is 0.175 e. The fraction of sp³-hybridized carbons (Fsp3) is 0.357. The van der Waals surface area contributed by atoms with Crippen LogP contribution in [0.2, 0.25) is 0 Å². The van der Waals surface area contributed by atoms with Crippen LogP contribution in [-0.4, -0.2) is 26.7 Å². The molecule has 1 heterocycles. The third-order valence-corrected chi connectivity index (χ3v) is 5.09. The van der Waals surface area contributed by atoms with Gasteiger partial charge in [0.15, 0.2) is 9.84 Å². The predicted molar refractivity (Wildman–Crippen MR) is 81.9 cm³/mol. The van der Waals surface area contributed by atoms with Crippen LogP contribution in [0, 0.1) is 6.92 Å². The van der Waals surface area contributed by atoms with Crippen LogP contribution in [0.15, 0.2) is 34.5 Å². The van der Waals surface area contributed by atoms with Gasteiger partial charge in [-0.1, -0.05) is 12.1 Å². The number of hydrogen-bond donors (Lipinski definition) is 1. The lowest BCUT2D eigenvalue weighted by atomic mass is 10.0. The van der Waals surface area contributed by atoms with Gasteiger partial charge in [0.1, 0.15) is 0 Å². The molecule has 0 saturated heterocycles. The molecule has 0 aliphatic heterocycles. The molecule has 108 valence electrons. The number of sulfone groups is 1. The first-order chi connectivity index (χ1) is 9.40. The Labute approximate surface area is 123 Å². The van der Waals surface area contributed by atoms with Gasteiger partial charge in [0, 0.05) is 24.1 Å². The molecule has 1 aromatic carbocycles. The number of aromatic nitrogens is 1. The largest absolute Gasteiger partial charge is 0.313 e. The first kappa shape index (κ1) is 15.2. The Morgan fingerprint density at radius 2 is 1.95 bits per heavy atom. The number of nitrogens with zero attached hydrogens (tertiary/aromatic N) is 1. The molecular formula is C14H18N2O2S2.